The summed E-state index contributed by atoms with van der Waals surface area (Å²) < 4.78 is 0. The standard InChI is InChI=1S/C69H89Cl3N14O15/c1-8-37(3)56(80-61(93)53(36-87)77-63(95)58(66(98)86-27-14-21-54(86)67(99)100)81-59(91)50(31-42-15-12-17-46(71)29-42)78-68(101)69(73,39(5)88)82-40(6)89)62(94)75-35-55(90)79-57(38(4)9-2)64(96)84-83-51(33-44-34-74-49-20-11-10-19-48(44)49)60(92)76-52(32-43-16-13-18-47(72)30-43)65(97)85(7)28-26-41-22-24-45(70)25-23-41/h10-13,15-20,22-25,29-30,34,37-39,50-54,56-58,74,83,87-88H,8-9,14,21,26-28,31-33,35-36,73H2,1-7H3,(H,75,94)(H,76,92)(H,77,95)(H,78,101)(H,79,90)(H,80,93)(H,81,91)(H,82,89)(H,84,96)(H,99,100)/t37-,38-,39+,50-,51-,52-,53-,54-,56-,57-,58?,69-/m0/s1. The number of aromatic amines is 1. The second kappa shape index (κ2) is 38.0. The second-order valence-corrected chi connectivity index (χ2v) is 26.4. The van der Waals surface area contributed by atoms with Crippen LogP contribution < -0.4 is 59.1 Å². The summed E-state index contributed by atoms with van der Waals surface area (Å²) in [7, 11) is 1.63. The maximum absolute atomic E-state index is 14.7. The summed E-state index contributed by atoms with van der Waals surface area (Å²) in [4.78, 5) is 173. The Hall–Kier alpha value is -9.23. The van der Waals surface area contributed by atoms with Crippen LogP contribution in [0.2, 0.25) is 15.1 Å². The van der Waals surface area contributed by atoms with E-state index in [0.717, 1.165) is 35.2 Å². The summed E-state index contributed by atoms with van der Waals surface area (Å²) in [6, 6.07) is 14.7. The fourth-order valence-corrected chi connectivity index (χ4v) is 11.8. The highest BCUT2D eigenvalue weighted by Gasteiger charge is 2.45. The third-order valence-corrected chi connectivity index (χ3v) is 18.3. The summed E-state index contributed by atoms with van der Waals surface area (Å²) in [5, 5.41) is 52.6. The van der Waals surface area contributed by atoms with Gasteiger partial charge in [-0.05, 0) is 103 Å². The number of rotatable bonds is 36. The van der Waals surface area contributed by atoms with Crippen LogP contribution in [0.3, 0.4) is 0 Å². The predicted octanol–water partition coefficient (Wildman–Crippen LogP) is 1.20. The van der Waals surface area contributed by atoms with E-state index in [1.54, 1.807) is 77.3 Å². The molecule has 0 spiro atoms. The number of aliphatic hydroxyl groups is 2. The van der Waals surface area contributed by atoms with Gasteiger partial charge in [0.1, 0.15) is 42.3 Å². The molecule has 1 saturated heterocycles. The van der Waals surface area contributed by atoms with E-state index >= 15 is 0 Å². The zero-order valence-corrected chi connectivity index (χ0v) is 59.3. The molecule has 101 heavy (non-hydrogen) atoms. The number of nitrogens with one attached hydrogen (secondary N) is 11. The molecule has 1 fully saturated rings. The minimum Gasteiger partial charge on any atom is -0.480 e. The minimum absolute atomic E-state index is 0.0138. The number of hydrogen-bond donors (Lipinski definition) is 15. The van der Waals surface area contributed by atoms with Crippen LogP contribution in [-0.4, -0.2) is 194 Å². The normalized spacial score (nSPS) is 16.3. The van der Waals surface area contributed by atoms with E-state index in [-0.39, 0.29) is 50.2 Å². The van der Waals surface area contributed by atoms with Gasteiger partial charge >= 0.3 is 5.97 Å². The van der Waals surface area contributed by atoms with E-state index in [2.05, 4.69) is 58.4 Å². The molecule has 1 aliphatic heterocycles. The van der Waals surface area contributed by atoms with Gasteiger partial charge < -0.3 is 72.6 Å². The van der Waals surface area contributed by atoms with E-state index in [4.69, 9.17) is 40.5 Å². The Kier molecular flexibility index (Phi) is 30.4. The Labute approximate surface area is 599 Å². The van der Waals surface area contributed by atoms with E-state index in [1.165, 1.54) is 29.2 Å². The third-order valence-electron chi connectivity index (χ3n) is 17.6. The van der Waals surface area contributed by atoms with E-state index in [9.17, 15) is 72.9 Å². The fraction of sp³-hybridized carbons (Fsp3) is 0.449. The van der Waals surface area contributed by atoms with Crippen molar-refractivity contribution in [2.75, 3.05) is 33.3 Å². The van der Waals surface area contributed by atoms with Crippen LogP contribution in [0.15, 0.2) is 103 Å². The third kappa shape index (κ3) is 22.9. The van der Waals surface area contributed by atoms with Crippen molar-refractivity contribution >= 4 is 117 Å². The first-order valence-corrected chi connectivity index (χ1v) is 34.1. The number of fused-ring (bicyclic) bond motifs is 1. The lowest BCUT2D eigenvalue weighted by atomic mass is 9.97. The second-order valence-electron chi connectivity index (χ2n) is 25.1. The Morgan fingerprint density at radius 1 is 0.663 bits per heavy atom. The molecule has 29 nitrogen and oxygen atoms in total. The van der Waals surface area contributed by atoms with E-state index < -0.39 is 162 Å². The quantitative estimate of drug-likeness (QED) is 0.0152. The largest absolute Gasteiger partial charge is 0.480 e. The number of H-pyrrole nitrogens is 1. The number of halogens is 3. The van der Waals surface area contributed by atoms with Crippen molar-refractivity contribution in [1.82, 2.24) is 68.2 Å². The van der Waals surface area contributed by atoms with Crippen LogP contribution in [0, 0.1) is 11.8 Å². The molecule has 6 rings (SSSR count). The van der Waals surface area contributed by atoms with Gasteiger partial charge in [0.25, 0.3) is 23.6 Å². The number of hydrazine groups is 1. The van der Waals surface area contributed by atoms with Crippen LogP contribution in [0.5, 0.6) is 0 Å². The molecular formula is C69H89Cl3N14O15. The van der Waals surface area contributed by atoms with Gasteiger partial charge in [-0.2, -0.15) is 0 Å². The number of hydrogen-bond acceptors (Lipinski definition) is 16. The zero-order valence-electron chi connectivity index (χ0n) is 57.0. The molecule has 0 aliphatic carbocycles. The molecule has 0 bridgehead atoms. The van der Waals surface area contributed by atoms with E-state index in [0.29, 0.717) is 39.6 Å². The number of nitrogens with zero attached hydrogens (tertiary/aromatic N) is 2. The maximum atomic E-state index is 14.7. The van der Waals surface area contributed by atoms with Crippen molar-refractivity contribution in [1.29, 1.82) is 0 Å². The molecule has 12 atom stereocenters. The van der Waals surface area contributed by atoms with E-state index in [1.807, 2.05) is 36.4 Å². The molecule has 1 aromatic heterocycles. The van der Waals surface area contributed by atoms with Crippen molar-refractivity contribution in [3.8, 4) is 0 Å². The number of aliphatic hydroxyl groups excluding tert-OH is 2. The van der Waals surface area contributed by atoms with Gasteiger partial charge in [0, 0.05) is 78.5 Å². The lowest BCUT2D eigenvalue weighted by molar-refractivity contribution is -0.151. The number of likely N-dealkylation sites (N-methyl/N-ethyl adjacent to an activating group) is 1. The zero-order chi connectivity index (χ0) is 74.4. The molecule has 16 N–H and O–H groups in total. The summed E-state index contributed by atoms with van der Waals surface area (Å²) in [6.07, 6.45) is 0.752. The van der Waals surface area contributed by atoms with Crippen molar-refractivity contribution in [2.24, 2.45) is 17.6 Å². The molecular weight excluding hydrogens is 1370 g/mol. The van der Waals surface area contributed by atoms with Crippen molar-refractivity contribution in [3.63, 3.8) is 0 Å². The minimum atomic E-state index is -2.54. The molecule has 546 valence electrons. The number of nitrogens with two attached hydrogens (primary N) is 1. The summed E-state index contributed by atoms with van der Waals surface area (Å²) in [5.74, 6) is -13.7. The number of carbonyl (C=O) groups is 12. The molecule has 1 aliphatic rings. The average molecular weight is 1460 g/mol. The van der Waals surface area contributed by atoms with Gasteiger partial charge in [0.05, 0.1) is 19.3 Å². The molecule has 4 aromatic carbocycles. The van der Waals surface area contributed by atoms with Gasteiger partial charge in [-0.15, -0.1) is 0 Å². The molecule has 0 radical (unpaired) electrons. The first-order chi connectivity index (χ1) is 47.9. The highest BCUT2D eigenvalue weighted by atomic mass is 35.5. The van der Waals surface area contributed by atoms with Gasteiger partial charge in [-0.1, -0.05) is 130 Å². The molecule has 5 aromatic rings. The lowest BCUT2D eigenvalue weighted by Crippen LogP contribution is -2.72. The van der Waals surface area contributed by atoms with Crippen LogP contribution in [0.25, 0.3) is 10.9 Å². The van der Waals surface area contributed by atoms with Crippen molar-refractivity contribution in [3.05, 3.63) is 141 Å². The highest BCUT2D eigenvalue weighted by Crippen LogP contribution is 2.23. The van der Waals surface area contributed by atoms with Crippen molar-refractivity contribution < 1.29 is 72.9 Å². The van der Waals surface area contributed by atoms with Gasteiger partial charge in [-0.3, -0.25) is 63.9 Å². The monoisotopic (exact) mass is 1460 g/mol. The molecule has 32 heteroatoms. The van der Waals surface area contributed by atoms with Crippen molar-refractivity contribution in [2.45, 2.75) is 153 Å². The summed E-state index contributed by atoms with van der Waals surface area (Å²) >= 11 is 18.7. The fourth-order valence-electron chi connectivity index (χ4n) is 11.2. The first kappa shape index (κ1) is 80.7. The smallest absolute Gasteiger partial charge is 0.326 e. The molecule has 1 unspecified atom stereocenters. The average Bonchev–Trinajstić information content (AvgIpc) is 1.80. The topological polar surface area (TPSA) is 434 Å². The number of carbonyl (C=O) groups excluding carboxylic acids is 11. The van der Waals surface area contributed by atoms with Gasteiger partial charge in [0.2, 0.25) is 41.4 Å². The first-order valence-electron chi connectivity index (χ1n) is 33.0. The molecule has 0 saturated carbocycles. The molecule has 11 amide bonds. The summed E-state index contributed by atoms with van der Waals surface area (Å²) in [6.45, 7) is 6.95. The Bertz CT molecular complexity index is 3790. The van der Waals surface area contributed by atoms with Crippen LogP contribution in [0.1, 0.15) is 89.5 Å². The highest BCUT2D eigenvalue weighted by molar-refractivity contribution is 6.31. The summed E-state index contributed by atoms with van der Waals surface area (Å²) in [5.41, 5.74) is 12.5. The van der Waals surface area contributed by atoms with Gasteiger partial charge in [0.15, 0.2) is 11.7 Å². The molecule has 2 heterocycles. The SMILES string of the molecule is CC[C@H](C)[C@H](NC(=O)CNC(=O)[C@@H](NC(=O)[C@H](CO)NC(=O)C(NC(=O)[C@H](Cc1cccc(Cl)c1)NC(=O)[C@@](N)(NC(C)=O)[C@@H](C)O)C(=O)N1CCC[C@H]1C(=O)O)[C@@H](C)CC)C(=O)NN[C@@H](Cc1c[nH]c2ccccc12)C(=O)N[C@@H](Cc1cccc(Cl)c1)C(=O)N(C)CCc1ccc(Cl)cc1. The van der Waals surface area contributed by atoms with Crippen LogP contribution in [-0.2, 0) is 83.2 Å². The lowest BCUT2D eigenvalue weighted by Gasteiger charge is -2.33. The number of amides is 11. The van der Waals surface area contributed by atoms with Crippen LogP contribution in [0.4, 0.5) is 0 Å². The number of carboxylic acid groups (broad SMARTS) is 1. The Morgan fingerprint density at radius 3 is 1.83 bits per heavy atom. The van der Waals surface area contributed by atoms with Crippen LogP contribution >= 0.6 is 34.8 Å². The maximum Gasteiger partial charge on any atom is 0.326 e. The Morgan fingerprint density at radius 2 is 1.25 bits per heavy atom. The number of aromatic nitrogens is 1. The Balaban J connectivity index is 1.17. The predicted molar refractivity (Wildman–Crippen MR) is 376 cm³/mol. The van der Waals surface area contributed by atoms with Gasteiger partial charge in [-0.25, -0.2) is 10.2 Å². The number of carboxylic acids is 1. The number of aliphatic carboxylic acids is 1. The number of para-hydroxylation sites is 1. The number of benzene rings is 4. The number of likely N-dealkylation sites (tertiary alicyclic amines) is 1.